The molecule has 0 unspecified atom stereocenters. The van der Waals surface area contributed by atoms with Crippen LogP contribution in [0.25, 0.3) is 5.69 Å². The van der Waals surface area contributed by atoms with Crippen molar-refractivity contribution in [3.63, 3.8) is 0 Å². The molecule has 0 aliphatic carbocycles. The minimum atomic E-state index is -0.105. The van der Waals surface area contributed by atoms with Gasteiger partial charge in [0.05, 0.1) is 11.4 Å². The molecule has 0 atom stereocenters. The highest BCUT2D eigenvalue weighted by molar-refractivity contribution is 5.37. The van der Waals surface area contributed by atoms with Gasteiger partial charge in [-0.05, 0) is 44.0 Å². The summed E-state index contributed by atoms with van der Waals surface area (Å²) in [5.41, 5.74) is 9.74. The van der Waals surface area contributed by atoms with Crippen molar-refractivity contribution in [1.82, 2.24) is 9.78 Å². The Kier molecular flexibility index (Phi) is 3.30. The lowest BCUT2D eigenvalue weighted by molar-refractivity contribution is 0.754. The van der Waals surface area contributed by atoms with E-state index < -0.39 is 0 Å². The van der Waals surface area contributed by atoms with Crippen LogP contribution in [0.3, 0.4) is 0 Å². The van der Waals surface area contributed by atoms with Crippen LogP contribution in [-0.2, 0) is 6.54 Å². The Morgan fingerprint density at radius 1 is 1.28 bits per heavy atom. The van der Waals surface area contributed by atoms with Gasteiger partial charge < -0.3 is 5.73 Å². The van der Waals surface area contributed by atoms with Gasteiger partial charge in [0, 0.05) is 12.1 Å². The van der Waals surface area contributed by atoms with E-state index in [-0.39, 0.29) is 5.56 Å². The van der Waals surface area contributed by atoms with E-state index >= 15 is 0 Å². The third kappa shape index (κ3) is 2.07. The fourth-order valence-electron chi connectivity index (χ4n) is 2.05. The largest absolute Gasteiger partial charge is 0.326 e. The Hall–Kier alpha value is -1.94. The molecule has 0 saturated carbocycles. The monoisotopic (exact) mass is 243 g/mol. The standard InChI is InChI=1S/C14H17N3O/c1-9-5-4-6-12(7-9)17-14(18)10(2)13(8-15)11(3)16-17/h4-7H,8,15H2,1-3H3. The molecule has 0 saturated heterocycles. The number of hydrogen-bond donors (Lipinski definition) is 1. The molecule has 0 fully saturated rings. The summed E-state index contributed by atoms with van der Waals surface area (Å²) in [6.45, 7) is 6.00. The van der Waals surface area contributed by atoms with Crippen molar-refractivity contribution in [2.24, 2.45) is 5.73 Å². The third-order valence-corrected chi connectivity index (χ3v) is 3.10. The molecule has 94 valence electrons. The Balaban J connectivity index is 2.70. The van der Waals surface area contributed by atoms with Gasteiger partial charge in [-0.1, -0.05) is 12.1 Å². The molecule has 1 aromatic carbocycles. The Labute approximate surface area is 106 Å². The molecular weight excluding hydrogens is 226 g/mol. The van der Waals surface area contributed by atoms with Gasteiger partial charge in [0.2, 0.25) is 0 Å². The van der Waals surface area contributed by atoms with Crippen molar-refractivity contribution in [3.8, 4) is 5.69 Å². The fourth-order valence-corrected chi connectivity index (χ4v) is 2.05. The van der Waals surface area contributed by atoms with Gasteiger partial charge in [-0.25, -0.2) is 0 Å². The van der Waals surface area contributed by atoms with Crippen molar-refractivity contribution < 1.29 is 0 Å². The highest BCUT2D eigenvalue weighted by atomic mass is 16.1. The van der Waals surface area contributed by atoms with Gasteiger partial charge >= 0.3 is 0 Å². The van der Waals surface area contributed by atoms with Crippen molar-refractivity contribution in [2.45, 2.75) is 27.3 Å². The zero-order chi connectivity index (χ0) is 13.3. The van der Waals surface area contributed by atoms with E-state index in [2.05, 4.69) is 5.10 Å². The van der Waals surface area contributed by atoms with E-state index in [9.17, 15) is 4.79 Å². The van der Waals surface area contributed by atoms with Gasteiger partial charge in [0.1, 0.15) is 0 Å². The molecule has 0 aliphatic rings. The average Bonchev–Trinajstić information content (AvgIpc) is 2.34. The SMILES string of the molecule is Cc1cccc(-n2nc(C)c(CN)c(C)c2=O)c1. The van der Waals surface area contributed by atoms with E-state index in [1.807, 2.05) is 38.1 Å². The summed E-state index contributed by atoms with van der Waals surface area (Å²) in [6.07, 6.45) is 0. The number of hydrogen-bond acceptors (Lipinski definition) is 3. The molecule has 1 heterocycles. The topological polar surface area (TPSA) is 60.9 Å². The second-order valence-corrected chi connectivity index (χ2v) is 4.45. The van der Waals surface area contributed by atoms with Gasteiger partial charge in [-0.2, -0.15) is 9.78 Å². The maximum Gasteiger partial charge on any atom is 0.274 e. The summed E-state index contributed by atoms with van der Waals surface area (Å²) >= 11 is 0. The lowest BCUT2D eigenvalue weighted by Gasteiger charge is -2.11. The molecule has 0 amide bonds. The van der Waals surface area contributed by atoms with Crippen molar-refractivity contribution in [3.05, 3.63) is 57.0 Å². The minimum Gasteiger partial charge on any atom is -0.326 e. The van der Waals surface area contributed by atoms with Crippen molar-refractivity contribution in [2.75, 3.05) is 0 Å². The summed E-state index contributed by atoms with van der Waals surface area (Å²) in [5.74, 6) is 0. The zero-order valence-corrected chi connectivity index (χ0v) is 10.9. The average molecular weight is 243 g/mol. The van der Waals surface area contributed by atoms with Gasteiger partial charge in [-0.15, -0.1) is 0 Å². The third-order valence-electron chi connectivity index (χ3n) is 3.10. The molecule has 0 aliphatic heterocycles. The highest BCUT2D eigenvalue weighted by Gasteiger charge is 2.11. The zero-order valence-electron chi connectivity index (χ0n) is 10.9. The first kappa shape index (κ1) is 12.5. The van der Waals surface area contributed by atoms with Crippen molar-refractivity contribution in [1.29, 1.82) is 0 Å². The normalized spacial score (nSPS) is 10.7. The molecule has 4 heteroatoms. The Bertz CT molecular complexity index is 644. The van der Waals surface area contributed by atoms with Crippen LogP contribution < -0.4 is 11.3 Å². The number of nitrogens with zero attached hydrogens (tertiary/aromatic N) is 2. The van der Waals surface area contributed by atoms with Crippen molar-refractivity contribution >= 4 is 0 Å². The molecule has 2 rings (SSSR count). The van der Waals surface area contributed by atoms with Crippen LogP contribution >= 0.6 is 0 Å². The first-order valence-electron chi connectivity index (χ1n) is 5.91. The summed E-state index contributed by atoms with van der Waals surface area (Å²) in [4.78, 5) is 12.3. The van der Waals surface area contributed by atoms with Crippen LogP contribution in [-0.4, -0.2) is 9.78 Å². The minimum absolute atomic E-state index is 0.105. The molecule has 1 aromatic heterocycles. The van der Waals surface area contributed by atoms with Crippen LogP contribution in [0.4, 0.5) is 0 Å². The van der Waals surface area contributed by atoms with Crippen LogP contribution in [0.15, 0.2) is 29.1 Å². The predicted octanol–water partition coefficient (Wildman–Crippen LogP) is 1.62. The van der Waals surface area contributed by atoms with Crippen LogP contribution in [0, 0.1) is 20.8 Å². The lowest BCUT2D eigenvalue weighted by atomic mass is 10.1. The van der Waals surface area contributed by atoms with Gasteiger partial charge in [0.25, 0.3) is 5.56 Å². The number of aryl methyl sites for hydroxylation is 2. The maximum atomic E-state index is 12.3. The van der Waals surface area contributed by atoms with Crippen LogP contribution in [0.1, 0.15) is 22.4 Å². The number of aromatic nitrogens is 2. The van der Waals surface area contributed by atoms with E-state index in [4.69, 9.17) is 5.73 Å². The highest BCUT2D eigenvalue weighted by Crippen LogP contribution is 2.11. The Morgan fingerprint density at radius 3 is 2.61 bits per heavy atom. The van der Waals surface area contributed by atoms with E-state index in [1.54, 1.807) is 6.92 Å². The quantitative estimate of drug-likeness (QED) is 0.871. The predicted molar refractivity (Wildman–Crippen MR) is 71.9 cm³/mol. The lowest BCUT2D eigenvalue weighted by Crippen LogP contribution is -2.27. The molecule has 2 N–H and O–H groups in total. The molecule has 2 aromatic rings. The van der Waals surface area contributed by atoms with Gasteiger partial charge in [-0.3, -0.25) is 4.79 Å². The number of nitrogens with two attached hydrogens (primary N) is 1. The molecule has 0 radical (unpaired) electrons. The second kappa shape index (κ2) is 4.74. The summed E-state index contributed by atoms with van der Waals surface area (Å²) in [7, 11) is 0. The maximum absolute atomic E-state index is 12.3. The molecule has 0 spiro atoms. The summed E-state index contributed by atoms with van der Waals surface area (Å²) in [6, 6.07) is 7.72. The molecule has 18 heavy (non-hydrogen) atoms. The smallest absolute Gasteiger partial charge is 0.274 e. The van der Waals surface area contributed by atoms with E-state index in [1.165, 1.54) is 4.68 Å². The summed E-state index contributed by atoms with van der Waals surface area (Å²) < 4.78 is 1.44. The number of benzene rings is 1. The van der Waals surface area contributed by atoms with Crippen LogP contribution in [0.5, 0.6) is 0 Å². The first-order chi connectivity index (χ1) is 8.54. The van der Waals surface area contributed by atoms with Gasteiger partial charge in [0.15, 0.2) is 0 Å². The van der Waals surface area contributed by atoms with Crippen LogP contribution in [0.2, 0.25) is 0 Å². The van der Waals surface area contributed by atoms with E-state index in [0.717, 1.165) is 22.5 Å². The summed E-state index contributed by atoms with van der Waals surface area (Å²) in [5, 5.41) is 4.34. The molecule has 4 nitrogen and oxygen atoms in total. The Morgan fingerprint density at radius 2 is 2.00 bits per heavy atom. The first-order valence-corrected chi connectivity index (χ1v) is 5.91. The molecular formula is C14H17N3O. The second-order valence-electron chi connectivity index (χ2n) is 4.45. The fraction of sp³-hybridized carbons (Fsp3) is 0.286. The molecule has 0 bridgehead atoms. The van der Waals surface area contributed by atoms with E-state index in [0.29, 0.717) is 12.1 Å². The number of rotatable bonds is 2.